The van der Waals surface area contributed by atoms with E-state index < -0.39 is 7.82 Å². The third-order valence-corrected chi connectivity index (χ3v) is 1.72. The van der Waals surface area contributed by atoms with Gasteiger partial charge in [-0.1, -0.05) is 0 Å². The summed E-state index contributed by atoms with van der Waals surface area (Å²) < 4.78 is 13.1. The zero-order valence-electron chi connectivity index (χ0n) is 2.57. The molecule has 0 aromatic rings. The summed E-state index contributed by atoms with van der Waals surface area (Å²) in [6, 6.07) is 0. The van der Waals surface area contributed by atoms with E-state index in [0.717, 1.165) is 20.2 Å². The van der Waals surface area contributed by atoms with Crippen LogP contribution in [0.3, 0.4) is 0 Å². The van der Waals surface area contributed by atoms with Gasteiger partial charge in [-0.05, 0) is 0 Å². The molecule has 4 nitrogen and oxygen atoms in total. The molecule has 0 rings (SSSR count). The van der Waals surface area contributed by atoms with E-state index in [4.69, 9.17) is 9.79 Å². The fourth-order valence-corrected chi connectivity index (χ4v) is 0. The van der Waals surface area contributed by atoms with E-state index in [2.05, 4.69) is 3.18 Å². The Labute approximate surface area is 64.4 Å². The molecule has 0 fully saturated rings. The summed E-state index contributed by atoms with van der Waals surface area (Å²) in [5.41, 5.74) is 0. The molecule has 0 amide bonds. The summed E-state index contributed by atoms with van der Waals surface area (Å²) in [4.78, 5) is 15.4. The molecule has 0 aromatic carbocycles. The van der Waals surface area contributed by atoms with Gasteiger partial charge in [0.25, 0.3) is 0 Å². The van der Waals surface area contributed by atoms with Gasteiger partial charge in [-0.15, -0.1) is 0 Å². The number of hydrogen-bond acceptors (Lipinski definition) is 2. The van der Waals surface area contributed by atoms with Crippen LogP contribution in [-0.2, 0) is 27.9 Å². The topological polar surface area (TPSA) is 66.8 Å². The van der Waals surface area contributed by atoms with Crippen LogP contribution in [0.2, 0.25) is 0 Å². The van der Waals surface area contributed by atoms with Crippen LogP contribution < -0.4 is 0 Å². The van der Waals surface area contributed by atoms with Crippen molar-refractivity contribution >= 4 is 26.7 Å². The van der Waals surface area contributed by atoms with Crippen LogP contribution in [0.5, 0.6) is 0 Å². The Hall–Kier alpha value is 1.40. The van der Waals surface area contributed by atoms with Crippen LogP contribution in [0.25, 0.3) is 0 Å². The van der Waals surface area contributed by atoms with Gasteiger partial charge in [-0.3, -0.25) is 0 Å². The van der Waals surface area contributed by atoms with E-state index in [1.54, 1.807) is 0 Å². The van der Waals surface area contributed by atoms with Crippen molar-refractivity contribution in [2.45, 2.75) is 0 Å². The molecule has 0 aromatic heterocycles. The van der Waals surface area contributed by atoms with Crippen LogP contribution in [-0.4, -0.2) is 28.6 Å². The van der Waals surface area contributed by atoms with E-state index >= 15 is 0 Å². The van der Waals surface area contributed by atoms with E-state index in [1.165, 1.54) is 0 Å². The van der Waals surface area contributed by atoms with E-state index in [1.807, 2.05) is 0 Å². The monoisotopic (exact) mass is 203 g/mol. The first-order chi connectivity index (χ1) is 2.56. The molecule has 0 radical (unpaired) electrons. The zero-order valence-corrected chi connectivity index (χ0v) is 5.47. The molecule has 7 heavy (non-hydrogen) atoms. The second kappa shape index (κ2) is 4.29. The maximum atomic E-state index is 9.47. The summed E-state index contributed by atoms with van der Waals surface area (Å²) >= 11 is 0.883. The van der Waals surface area contributed by atoms with Gasteiger partial charge in [0, 0.05) is 0 Å². The quantitative estimate of drug-likeness (QED) is 0.417. The van der Waals surface area contributed by atoms with Gasteiger partial charge in [0.15, 0.2) is 0 Å². The molecule has 39 valence electrons. The molecule has 0 aliphatic heterocycles. The van der Waals surface area contributed by atoms with Crippen molar-refractivity contribution in [1.29, 1.82) is 0 Å². The summed E-state index contributed by atoms with van der Waals surface area (Å²) in [6.45, 7) is 0. The van der Waals surface area contributed by atoms with Gasteiger partial charge in [-0.2, -0.15) is 0 Å². The van der Waals surface area contributed by atoms with Gasteiger partial charge >= 0.3 is 64.4 Å². The Kier molecular flexibility index (Phi) is 6.88. The molecule has 0 aliphatic rings. The van der Waals surface area contributed by atoms with Crippen molar-refractivity contribution in [2.75, 3.05) is 0 Å². The Morgan fingerprint density at radius 1 is 1.57 bits per heavy atom. The molecule has 0 saturated carbocycles. The molecule has 7 heteroatoms. The number of rotatable bonds is 1. The minimum absolute atomic E-state index is 0. The van der Waals surface area contributed by atoms with Crippen LogP contribution in [0.15, 0.2) is 0 Å². The fourth-order valence-electron chi connectivity index (χ4n) is 0. The Balaban J connectivity index is 0. The molecular formula is H3LiMoO4P. The van der Waals surface area contributed by atoms with Crippen molar-refractivity contribution in [3.8, 4) is 0 Å². The molecule has 0 aliphatic carbocycles. The molecule has 0 saturated heterocycles. The number of hydrogen-bond donors (Lipinski definition) is 2. The predicted octanol–water partition coefficient (Wildman–Crippen LogP) is -1.09. The van der Waals surface area contributed by atoms with Crippen LogP contribution in [0.1, 0.15) is 0 Å². The van der Waals surface area contributed by atoms with E-state index in [-0.39, 0.29) is 18.9 Å². The van der Waals surface area contributed by atoms with Gasteiger partial charge in [-0.25, -0.2) is 0 Å². The molecular weight excluding hydrogens is 198 g/mol. The third-order valence-electron chi connectivity index (χ3n) is 0.0971. The van der Waals surface area contributed by atoms with Gasteiger partial charge in [0.2, 0.25) is 0 Å². The van der Waals surface area contributed by atoms with Crippen molar-refractivity contribution in [3.05, 3.63) is 0 Å². The van der Waals surface area contributed by atoms with Gasteiger partial charge in [0.1, 0.15) is 0 Å². The summed E-state index contributed by atoms with van der Waals surface area (Å²) in [7, 11) is -4.14. The standard InChI is InChI=1S/Li.Mo.H3O4P.H/c;;1-5(2,3)4;/h;;(H3,1,2,3,4);/q;+1;;/p-1. The first-order valence-corrected chi connectivity index (χ1v) is 3.28. The van der Waals surface area contributed by atoms with Crippen molar-refractivity contribution < 1.29 is 37.7 Å². The van der Waals surface area contributed by atoms with Crippen LogP contribution in [0, 0.1) is 0 Å². The molecule has 0 bridgehead atoms. The first-order valence-electron chi connectivity index (χ1n) is 0.932. The normalized spacial score (nSPS) is 10.0. The number of phosphoric acid groups is 1. The Bertz CT molecular complexity index is 75.8. The first kappa shape index (κ1) is 11.2. The van der Waals surface area contributed by atoms with Gasteiger partial charge < -0.3 is 0 Å². The molecule has 0 heterocycles. The predicted molar refractivity (Wildman–Crippen MR) is 20.3 cm³/mol. The molecule has 0 spiro atoms. The van der Waals surface area contributed by atoms with E-state index in [0.29, 0.717) is 0 Å². The second-order valence-corrected chi connectivity index (χ2v) is 2.79. The Morgan fingerprint density at radius 3 is 1.71 bits per heavy atom. The Morgan fingerprint density at radius 2 is 1.71 bits per heavy atom. The molecule has 2 N–H and O–H groups in total. The van der Waals surface area contributed by atoms with Crippen molar-refractivity contribution in [1.82, 2.24) is 0 Å². The second-order valence-electron chi connectivity index (χ2n) is 0.565. The van der Waals surface area contributed by atoms with Gasteiger partial charge in [0.05, 0.1) is 0 Å². The summed E-state index contributed by atoms with van der Waals surface area (Å²) in [5, 5.41) is 0. The average molecular weight is 201 g/mol. The van der Waals surface area contributed by atoms with Crippen LogP contribution in [0.4, 0.5) is 0 Å². The summed E-state index contributed by atoms with van der Waals surface area (Å²) in [6.07, 6.45) is 0. The average Bonchev–Trinajstić information content (AvgIpc) is 1.35. The summed E-state index contributed by atoms with van der Waals surface area (Å²) in [5.74, 6) is 0. The molecule has 0 unspecified atom stereocenters. The van der Waals surface area contributed by atoms with Crippen molar-refractivity contribution in [2.24, 2.45) is 0 Å². The van der Waals surface area contributed by atoms with E-state index in [9.17, 15) is 4.57 Å². The minimum atomic E-state index is -4.14. The van der Waals surface area contributed by atoms with Crippen molar-refractivity contribution in [3.63, 3.8) is 0 Å². The van der Waals surface area contributed by atoms with Crippen LogP contribution >= 0.6 is 7.82 Å². The SMILES string of the molecule is O=P(O)(O)[O][Mo].[LiH]. The zero-order chi connectivity index (χ0) is 5.21. The fraction of sp³-hybridized carbons (Fsp3) is 0. The third kappa shape index (κ3) is 11.1. The molecule has 0 atom stereocenters. The maximum absolute atomic E-state index is 9.47.